The van der Waals surface area contributed by atoms with E-state index in [1.54, 1.807) is 12.2 Å². The predicted molar refractivity (Wildman–Crippen MR) is 101 cm³/mol. The minimum absolute atomic E-state index is 0.399. The summed E-state index contributed by atoms with van der Waals surface area (Å²) in [5.41, 5.74) is 2.09. The molecule has 0 spiro atoms. The molecule has 0 fully saturated rings. The van der Waals surface area contributed by atoms with Crippen LogP contribution in [-0.4, -0.2) is 25.3 Å². The Balaban J connectivity index is 2.04. The normalized spacial score (nSPS) is 13.3. The van der Waals surface area contributed by atoms with Crippen molar-refractivity contribution in [3.63, 3.8) is 0 Å². The summed E-state index contributed by atoms with van der Waals surface area (Å²) < 4.78 is 16.6. The predicted octanol–water partition coefficient (Wildman–Crippen LogP) is 4.07. The molecule has 2 rings (SSSR count). The van der Waals surface area contributed by atoms with E-state index in [-0.39, 0.29) is 0 Å². The molecule has 2 aromatic rings. The maximum Gasteiger partial charge on any atom is 0.330 e. The van der Waals surface area contributed by atoms with Gasteiger partial charge in [-0.1, -0.05) is 66.7 Å². The average molecular weight is 352 g/mol. The first-order valence-corrected chi connectivity index (χ1v) is 8.42. The van der Waals surface area contributed by atoms with Gasteiger partial charge in [-0.05, 0) is 17.2 Å². The highest BCUT2D eigenvalue weighted by molar-refractivity contribution is 5.81. The van der Waals surface area contributed by atoms with Crippen molar-refractivity contribution in [1.29, 1.82) is 0 Å². The first-order valence-electron chi connectivity index (χ1n) is 8.42. The van der Waals surface area contributed by atoms with Crippen LogP contribution >= 0.6 is 0 Å². The van der Waals surface area contributed by atoms with Crippen molar-refractivity contribution in [1.82, 2.24) is 0 Å². The van der Waals surface area contributed by atoms with E-state index in [0.717, 1.165) is 11.1 Å². The van der Waals surface area contributed by atoms with Gasteiger partial charge in [-0.15, -0.1) is 6.58 Å². The highest BCUT2D eigenvalue weighted by atomic mass is 16.5. The van der Waals surface area contributed by atoms with Gasteiger partial charge in [0.2, 0.25) is 0 Å². The second-order valence-corrected chi connectivity index (χ2v) is 5.64. The van der Waals surface area contributed by atoms with E-state index in [1.807, 2.05) is 60.7 Å². The molecular weight excluding hydrogens is 328 g/mol. The average Bonchev–Trinajstić information content (AvgIpc) is 2.70. The second kappa shape index (κ2) is 11.0. The molecule has 0 aliphatic rings. The summed E-state index contributed by atoms with van der Waals surface area (Å²) in [6.45, 7) is 4.67. The number of carbonyl (C=O) groups is 1. The van der Waals surface area contributed by atoms with E-state index in [9.17, 15) is 4.79 Å². The SMILES string of the molecule is C=C[C@@H](OCc1ccccc1)[C@@H](/C=C/C(=O)OC)OCc1ccccc1. The lowest BCUT2D eigenvalue weighted by Crippen LogP contribution is -2.28. The fourth-order valence-electron chi connectivity index (χ4n) is 2.33. The Labute approximate surface area is 154 Å². The number of benzene rings is 2. The first kappa shape index (κ1) is 19.6. The topological polar surface area (TPSA) is 44.8 Å². The molecule has 0 aliphatic carbocycles. The number of hydrogen-bond donors (Lipinski definition) is 0. The molecule has 2 aromatic carbocycles. The van der Waals surface area contributed by atoms with Crippen molar-refractivity contribution in [2.75, 3.05) is 7.11 Å². The Kier molecular flexibility index (Phi) is 8.33. The van der Waals surface area contributed by atoms with Gasteiger partial charge < -0.3 is 14.2 Å². The van der Waals surface area contributed by atoms with Gasteiger partial charge in [-0.2, -0.15) is 0 Å². The minimum atomic E-state index is -0.462. The van der Waals surface area contributed by atoms with Crippen LogP contribution in [0.25, 0.3) is 0 Å². The number of hydrogen-bond acceptors (Lipinski definition) is 4. The minimum Gasteiger partial charge on any atom is -0.466 e. The fraction of sp³-hybridized carbons (Fsp3) is 0.227. The summed E-state index contributed by atoms with van der Waals surface area (Å²) in [7, 11) is 1.34. The third kappa shape index (κ3) is 6.67. The summed E-state index contributed by atoms with van der Waals surface area (Å²) >= 11 is 0. The quantitative estimate of drug-likeness (QED) is 0.367. The molecule has 2 atom stereocenters. The van der Waals surface area contributed by atoms with Crippen LogP contribution < -0.4 is 0 Å². The van der Waals surface area contributed by atoms with E-state index in [2.05, 4.69) is 11.3 Å². The molecule has 0 amide bonds. The first-order chi connectivity index (χ1) is 12.7. The Morgan fingerprint density at radius 1 is 0.923 bits per heavy atom. The van der Waals surface area contributed by atoms with Gasteiger partial charge in [0.1, 0.15) is 12.2 Å². The lowest BCUT2D eigenvalue weighted by Gasteiger charge is -2.23. The van der Waals surface area contributed by atoms with Gasteiger partial charge >= 0.3 is 5.97 Å². The van der Waals surface area contributed by atoms with E-state index in [4.69, 9.17) is 9.47 Å². The lowest BCUT2D eigenvalue weighted by atomic mass is 10.1. The zero-order chi connectivity index (χ0) is 18.6. The van der Waals surface area contributed by atoms with Gasteiger partial charge in [-0.3, -0.25) is 0 Å². The van der Waals surface area contributed by atoms with Crippen LogP contribution in [0.5, 0.6) is 0 Å². The maximum atomic E-state index is 11.4. The molecule has 0 aromatic heterocycles. The molecular formula is C22H24O4. The molecule has 0 bridgehead atoms. The van der Waals surface area contributed by atoms with Crippen molar-refractivity contribution in [2.45, 2.75) is 25.4 Å². The maximum absolute atomic E-state index is 11.4. The lowest BCUT2D eigenvalue weighted by molar-refractivity contribution is -0.135. The third-order valence-electron chi connectivity index (χ3n) is 3.75. The summed E-state index contributed by atoms with van der Waals surface area (Å²) in [4.78, 5) is 11.4. The molecule has 136 valence electrons. The summed E-state index contributed by atoms with van der Waals surface area (Å²) in [6, 6.07) is 19.7. The van der Waals surface area contributed by atoms with Gasteiger partial charge in [0.05, 0.1) is 20.3 Å². The number of rotatable bonds is 10. The molecule has 0 saturated carbocycles. The van der Waals surface area contributed by atoms with Gasteiger partial charge in [0.25, 0.3) is 0 Å². The molecule has 4 nitrogen and oxygen atoms in total. The highest BCUT2D eigenvalue weighted by Crippen LogP contribution is 2.14. The summed E-state index contributed by atoms with van der Waals surface area (Å²) in [5.74, 6) is -0.441. The van der Waals surface area contributed by atoms with Crippen LogP contribution in [0.1, 0.15) is 11.1 Å². The Morgan fingerprint density at radius 2 is 1.42 bits per heavy atom. The number of esters is 1. The second-order valence-electron chi connectivity index (χ2n) is 5.64. The molecule has 0 heterocycles. The largest absolute Gasteiger partial charge is 0.466 e. The zero-order valence-corrected chi connectivity index (χ0v) is 14.9. The van der Waals surface area contributed by atoms with Crippen LogP contribution in [0.4, 0.5) is 0 Å². The van der Waals surface area contributed by atoms with Crippen LogP contribution in [0.15, 0.2) is 85.5 Å². The van der Waals surface area contributed by atoms with Crippen LogP contribution in [0.3, 0.4) is 0 Å². The van der Waals surface area contributed by atoms with Gasteiger partial charge in [0, 0.05) is 6.08 Å². The third-order valence-corrected chi connectivity index (χ3v) is 3.75. The summed E-state index contributed by atoms with van der Waals surface area (Å²) in [5, 5.41) is 0. The molecule has 0 saturated heterocycles. The molecule has 0 aliphatic heterocycles. The van der Waals surface area contributed by atoms with Gasteiger partial charge in [-0.25, -0.2) is 4.79 Å². The van der Waals surface area contributed by atoms with Crippen molar-refractivity contribution < 1.29 is 19.0 Å². The van der Waals surface area contributed by atoms with Gasteiger partial charge in [0.15, 0.2) is 0 Å². The Bertz CT molecular complexity index is 695. The van der Waals surface area contributed by atoms with Crippen LogP contribution in [-0.2, 0) is 32.2 Å². The molecule has 4 heteroatoms. The Hall–Kier alpha value is -2.69. The van der Waals surface area contributed by atoms with Crippen LogP contribution in [0, 0.1) is 0 Å². The molecule has 0 unspecified atom stereocenters. The molecule has 0 radical (unpaired) electrons. The van der Waals surface area contributed by atoms with Crippen molar-refractivity contribution in [3.05, 3.63) is 96.6 Å². The van der Waals surface area contributed by atoms with Crippen LogP contribution in [0.2, 0.25) is 0 Å². The zero-order valence-electron chi connectivity index (χ0n) is 14.9. The summed E-state index contributed by atoms with van der Waals surface area (Å²) in [6.07, 6.45) is 3.81. The number of methoxy groups -OCH3 is 1. The van der Waals surface area contributed by atoms with E-state index >= 15 is 0 Å². The monoisotopic (exact) mass is 352 g/mol. The van der Waals surface area contributed by atoms with Crippen molar-refractivity contribution in [2.24, 2.45) is 0 Å². The van der Waals surface area contributed by atoms with E-state index in [0.29, 0.717) is 13.2 Å². The highest BCUT2D eigenvalue weighted by Gasteiger charge is 2.18. The number of carbonyl (C=O) groups excluding carboxylic acids is 1. The van der Waals surface area contributed by atoms with Crippen molar-refractivity contribution in [3.8, 4) is 0 Å². The number of ether oxygens (including phenoxy) is 3. The molecule has 0 N–H and O–H groups in total. The van der Waals surface area contributed by atoms with E-state index < -0.39 is 18.2 Å². The Morgan fingerprint density at radius 3 is 1.88 bits per heavy atom. The fourth-order valence-corrected chi connectivity index (χ4v) is 2.33. The molecule has 26 heavy (non-hydrogen) atoms. The smallest absolute Gasteiger partial charge is 0.330 e. The standard InChI is InChI=1S/C22H24O4/c1-3-20(25-16-18-10-6-4-7-11-18)21(14-15-22(23)24-2)26-17-19-12-8-5-9-13-19/h3-15,20-21H,1,16-17H2,2H3/b15-14+/t20-,21-/m1/s1. The van der Waals surface area contributed by atoms with E-state index in [1.165, 1.54) is 13.2 Å². The van der Waals surface area contributed by atoms with Crippen molar-refractivity contribution >= 4 is 5.97 Å².